The van der Waals surface area contributed by atoms with Gasteiger partial charge in [0.2, 0.25) is 5.91 Å². The summed E-state index contributed by atoms with van der Waals surface area (Å²) < 4.78 is 13.9. The van der Waals surface area contributed by atoms with E-state index in [2.05, 4.69) is 15.0 Å². The topological polar surface area (TPSA) is 122 Å². The molecule has 2 amide bonds. The van der Waals surface area contributed by atoms with Gasteiger partial charge in [0.05, 0.1) is 23.9 Å². The molecule has 9 nitrogen and oxygen atoms in total. The highest BCUT2D eigenvalue weighted by atomic mass is 19.1. The predicted octanol–water partition coefficient (Wildman–Crippen LogP) is 1.16. The molecule has 0 spiro atoms. The smallest absolute Gasteiger partial charge is 0.263 e. The van der Waals surface area contributed by atoms with Crippen molar-refractivity contribution in [3.63, 3.8) is 0 Å². The Labute approximate surface area is 183 Å². The van der Waals surface area contributed by atoms with Crippen molar-refractivity contribution in [2.75, 3.05) is 31.1 Å². The highest BCUT2D eigenvalue weighted by Gasteiger charge is 2.34. The van der Waals surface area contributed by atoms with Crippen LogP contribution in [0.1, 0.15) is 18.4 Å². The van der Waals surface area contributed by atoms with Crippen LogP contribution < -0.4 is 4.90 Å². The van der Waals surface area contributed by atoms with Crippen LogP contribution in [0.5, 0.6) is 0 Å². The van der Waals surface area contributed by atoms with Gasteiger partial charge in [0.1, 0.15) is 29.5 Å². The number of aliphatic imine (C=N–C) groups is 2. The van der Waals surface area contributed by atoms with E-state index in [1.807, 2.05) is 11.0 Å². The number of amidine groups is 1. The standard InChI is InChI=1S/C22H21FN6O3/c23-16-2-1-3-17-21(16)22(32)27-18(26-17)5-7-20(31)29-9-8-28(12-15(29)13-30)19-6-4-14(10-24)11-25-19/h1-4,6,11,15,21,30H,5,7-9,12-13H2. The molecule has 1 N–H and O–H groups in total. The van der Waals surface area contributed by atoms with Crippen LogP contribution in [-0.4, -0.2) is 70.6 Å². The van der Waals surface area contributed by atoms with Gasteiger partial charge in [-0.15, -0.1) is 0 Å². The first-order chi connectivity index (χ1) is 15.5. The Morgan fingerprint density at radius 2 is 2.16 bits per heavy atom. The zero-order chi connectivity index (χ0) is 22.7. The van der Waals surface area contributed by atoms with Crippen molar-refractivity contribution in [3.8, 4) is 6.07 Å². The minimum Gasteiger partial charge on any atom is -0.394 e. The molecule has 0 saturated carbocycles. The number of amides is 2. The number of halogens is 1. The Morgan fingerprint density at radius 1 is 1.31 bits per heavy atom. The second kappa shape index (κ2) is 9.20. The van der Waals surface area contributed by atoms with Crippen molar-refractivity contribution in [3.05, 3.63) is 47.9 Å². The van der Waals surface area contributed by atoms with Crippen molar-refractivity contribution in [2.24, 2.45) is 15.9 Å². The molecule has 1 aromatic heterocycles. The SMILES string of the molecule is N#Cc1ccc(N2CCN(C(=O)CCC3=NC(=O)C4C(F)=CC=CC4=N3)C(CO)C2)nc1. The van der Waals surface area contributed by atoms with E-state index < -0.39 is 23.7 Å². The number of fused-ring (bicyclic) bond motifs is 1. The fourth-order valence-corrected chi connectivity index (χ4v) is 3.95. The molecule has 0 bridgehead atoms. The Hall–Kier alpha value is -3.71. The number of aromatic nitrogens is 1. The highest BCUT2D eigenvalue weighted by Crippen LogP contribution is 2.25. The number of piperazine rings is 1. The fraction of sp³-hybridized carbons (Fsp3) is 0.364. The van der Waals surface area contributed by atoms with Crippen molar-refractivity contribution in [1.82, 2.24) is 9.88 Å². The number of hydrogen-bond acceptors (Lipinski definition) is 7. The summed E-state index contributed by atoms with van der Waals surface area (Å²) in [5, 5.41) is 18.7. The number of nitrogens with zero attached hydrogens (tertiary/aromatic N) is 6. The normalized spacial score (nSPS) is 22.5. The Balaban J connectivity index is 1.37. The van der Waals surface area contributed by atoms with Gasteiger partial charge in [-0.1, -0.05) is 6.08 Å². The number of aliphatic hydroxyl groups is 1. The van der Waals surface area contributed by atoms with Crippen molar-refractivity contribution < 1.29 is 19.1 Å². The minimum atomic E-state index is -1.08. The number of allylic oxidation sites excluding steroid dienone is 3. The Morgan fingerprint density at radius 3 is 2.88 bits per heavy atom. The highest BCUT2D eigenvalue weighted by molar-refractivity contribution is 6.21. The summed E-state index contributed by atoms with van der Waals surface area (Å²) in [6, 6.07) is 5.02. The van der Waals surface area contributed by atoms with Crippen LogP contribution in [0.3, 0.4) is 0 Å². The van der Waals surface area contributed by atoms with Crippen LogP contribution >= 0.6 is 0 Å². The third-order valence-corrected chi connectivity index (χ3v) is 5.62. The van der Waals surface area contributed by atoms with Crippen LogP contribution in [0.2, 0.25) is 0 Å². The molecule has 1 saturated heterocycles. The second-order valence-electron chi connectivity index (χ2n) is 7.63. The van der Waals surface area contributed by atoms with E-state index in [1.165, 1.54) is 18.3 Å². The first-order valence-corrected chi connectivity index (χ1v) is 10.3. The zero-order valence-electron chi connectivity index (χ0n) is 17.2. The van der Waals surface area contributed by atoms with Gasteiger partial charge in [0.25, 0.3) is 5.91 Å². The van der Waals surface area contributed by atoms with Gasteiger partial charge in [-0.25, -0.2) is 14.4 Å². The first-order valence-electron chi connectivity index (χ1n) is 10.3. The summed E-state index contributed by atoms with van der Waals surface area (Å²) in [5.41, 5.74) is 0.756. The number of carbonyl (C=O) groups is 2. The van der Waals surface area contributed by atoms with E-state index >= 15 is 0 Å². The molecule has 3 aliphatic rings. The number of rotatable bonds is 5. The van der Waals surface area contributed by atoms with Crippen LogP contribution in [-0.2, 0) is 9.59 Å². The summed E-state index contributed by atoms with van der Waals surface area (Å²) in [6.07, 6.45) is 5.98. The predicted molar refractivity (Wildman–Crippen MR) is 115 cm³/mol. The summed E-state index contributed by atoms with van der Waals surface area (Å²) in [4.78, 5) is 40.9. The quantitative estimate of drug-likeness (QED) is 0.739. The summed E-state index contributed by atoms with van der Waals surface area (Å²) in [7, 11) is 0. The van der Waals surface area contributed by atoms with Gasteiger partial charge in [-0.3, -0.25) is 9.59 Å². The largest absolute Gasteiger partial charge is 0.394 e. The van der Waals surface area contributed by atoms with E-state index in [0.29, 0.717) is 36.7 Å². The van der Waals surface area contributed by atoms with E-state index in [1.54, 1.807) is 23.1 Å². The van der Waals surface area contributed by atoms with E-state index in [4.69, 9.17) is 5.26 Å². The summed E-state index contributed by atoms with van der Waals surface area (Å²) in [5.74, 6) is -1.59. The lowest BCUT2D eigenvalue weighted by molar-refractivity contribution is -0.134. The molecule has 32 heavy (non-hydrogen) atoms. The van der Waals surface area contributed by atoms with E-state index in [0.717, 1.165) is 0 Å². The number of aliphatic hydroxyl groups excluding tert-OH is 1. The third kappa shape index (κ3) is 4.33. The van der Waals surface area contributed by atoms with E-state index in [-0.39, 0.29) is 31.2 Å². The molecule has 3 heterocycles. The lowest BCUT2D eigenvalue weighted by Gasteiger charge is -2.41. The van der Waals surface area contributed by atoms with Crippen LogP contribution in [0.25, 0.3) is 0 Å². The maximum absolute atomic E-state index is 13.9. The number of anilines is 1. The molecular formula is C22H21FN6O3. The molecular weight excluding hydrogens is 415 g/mol. The fourth-order valence-electron chi connectivity index (χ4n) is 3.95. The molecule has 164 valence electrons. The molecule has 0 radical (unpaired) electrons. The van der Waals surface area contributed by atoms with Crippen LogP contribution in [0, 0.1) is 17.2 Å². The summed E-state index contributed by atoms with van der Waals surface area (Å²) >= 11 is 0. The maximum atomic E-state index is 13.9. The lowest BCUT2D eigenvalue weighted by atomic mass is 9.95. The molecule has 1 fully saturated rings. The minimum absolute atomic E-state index is 0.0706. The van der Waals surface area contributed by atoms with Gasteiger partial charge in [0, 0.05) is 38.7 Å². The van der Waals surface area contributed by atoms with Gasteiger partial charge in [-0.05, 0) is 24.3 Å². The second-order valence-corrected chi connectivity index (χ2v) is 7.63. The zero-order valence-corrected chi connectivity index (χ0v) is 17.2. The van der Waals surface area contributed by atoms with Gasteiger partial charge in [0.15, 0.2) is 0 Å². The average Bonchev–Trinajstić information content (AvgIpc) is 2.82. The molecule has 2 aliphatic heterocycles. The maximum Gasteiger partial charge on any atom is 0.263 e. The Kier molecular flexibility index (Phi) is 6.18. The molecule has 0 aromatic carbocycles. The monoisotopic (exact) mass is 436 g/mol. The van der Waals surface area contributed by atoms with E-state index in [9.17, 15) is 19.1 Å². The number of nitriles is 1. The van der Waals surface area contributed by atoms with Crippen molar-refractivity contribution >= 4 is 29.2 Å². The number of hydrogen-bond donors (Lipinski definition) is 1. The Bertz CT molecular complexity index is 1090. The molecule has 2 unspecified atom stereocenters. The molecule has 1 aromatic rings. The molecule has 2 atom stereocenters. The molecule has 1 aliphatic carbocycles. The van der Waals surface area contributed by atoms with Crippen molar-refractivity contribution in [2.45, 2.75) is 18.9 Å². The first kappa shape index (κ1) is 21.5. The average molecular weight is 436 g/mol. The summed E-state index contributed by atoms with van der Waals surface area (Å²) in [6.45, 7) is 1.12. The van der Waals surface area contributed by atoms with Gasteiger partial charge < -0.3 is 14.9 Å². The molecule has 10 heteroatoms. The third-order valence-electron chi connectivity index (χ3n) is 5.62. The number of pyridine rings is 1. The van der Waals surface area contributed by atoms with Gasteiger partial charge in [-0.2, -0.15) is 10.3 Å². The molecule has 4 rings (SSSR count). The van der Waals surface area contributed by atoms with Crippen LogP contribution in [0.15, 0.2) is 52.4 Å². The number of carbonyl (C=O) groups excluding carboxylic acids is 2. The lowest BCUT2D eigenvalue weighted by Crippen LogP contribution is -2.57. The van der Waals surface area contributed by atoms with Crippen LogP contribution in [0.4, 0.5) is 10.2 Å². The van der Waals surface area contributed by atoms with Gasteiger partial charge >= 0.3 is 0 Å². The van der Waals surface area contributed by atoms with Crippen molar-refractivity contribution in [1.29, 1.82) is 5.26 Å².